The Labute approximate surface area is 172 Å². The van der Waals surface area contributed by atoms with Gasteiger partial charge in [0.1, 0.15) is 5.69 Å². The Hall–Kier alpha value is -3.70. The molecule has 29 heavy (non-hydrogen) atoms. The number of benzene rings is 3. The summed E-state index contributed by atoms with van der Waals surface area (Å²) in [5, 5.41) is 15.1. The van der Waals surface area contributed by atoms with E-state index in [4.69, 9.17) is 11.6 Å². The number of fused-ring (bicyclic) bond motifs is 1. The second-order valence-electron chi connectivity index (χ2n) is 6.59. The van der Waals surface area contributed by atoms with E-state index in [2.05, 4.69) is 38.7 Å². The molecule has 0 spiro atoms. The van der Waals surface area contributed by atoms with Crippen LogP contribution in [-0.4, -0.2) is 19.7 Å². The van der Waals surface area contributed by atoms with E-state index in [9.17, 15) is 0 Å². The van der Waals surface area contributed by atoms with Crippen molar-refractivity contribution in [1.82, 2.24) is 19.7 Å². The first kappa shape index (κ1) is 17.4. The van der Waals surface area contributed by atoms with Gasteiger partial charge in [-0.25, -0.2) is 4.98 Å². The van der Waals surface area contributed by atoms with Crippen LogP contribution in [0.15, 0.2) is 91.5 Å². The molecule has 0 aliphatic heterocycles. The van der Waals surface area contributed by atoms with Gasteiger partial charge in [0.2, 0.25) is 0 Å². The van der Waals surface area contributed by atoms with Crippen LogP contribution >= 0.6 is 11.6 Å². The monoisotopic (exact) mass is 397 g/mol. The molecule has 2 aromatic heterocycles. The molecule has 3 aromatic carbocycles. The predicted molar refractivity (Wildman–Crippen MR) is 117 cm³/mol. The number of halogens is 1. The molecule has 0 bridgehead atoms. The number of nitrogens with zero attached hydrogens (tertiary/aromatic N) is 4. The van der Waals surface area contributed by atoms with Gasteiger partial charge in [0, 0.05) is 45.1 Å². The lowest BCUT2D eigenvalue weighted by atomic mass is 10.0. The van der Waals surface area contributed by atoms with Crippen molar-refractivity contribution in [3.05, 3.63) is 96.5 Å². The zero-order chi connectivity index (χ0) is 19.6. The zero-order valence-corrected chi connectivity index (χ0v) is 16.1. The zero-order valence-electron chi connectivity index (χ0n) is 15.3. The van der Waals surface area contributed by atoms with Crippen molar-refractivity contribution in [2.75, 3.05) is 5.32 Å². The third-order valence-electron chi connectivity index (χ3n) is 4.74. The van der Waals surface area contributed by atoms with Gasteiger partial charge in [-0.05, 0) is 36.4 Å². The normalized spacial score (nSPS) is 10.9. The Morgan fingerprint density at radius 3 is 2.28 bits per heavy atom. The van der Waals surface area contributed by atoms with E-state index >= 15 is 0 Å². The van der Waals surface area contributed by atoms with Gasteiger partial charge in [-0.2, -0.15) is 0 Å². The van der Waals surface area contributed by atoms with E-state index in [0.29, 0.717) is 10.8 Å². The van der Waals surface area contributed by atoms with Crippen LogP contribution in [0.2, 0.25) is 5.02 Å². The average Bonchev–Trinajstić information content (AvgIpc) is 3.31. The second-order valence-corrected chi connectivity index (χ2v) is 7.03. The molecular formula is C23H16ClN5. The molecule has 0 amide bonds. The van der Waals surface area contributed by atoms with Crippen molar-refractivity contribution in [2.45, 2.75) is 0 Å². The molecule has 0 radical (unpaired) electrons. The maximum absolute atomic E-state index is 5.98. The highest BCUT2D eigenvalue weighted by Crippen LogP contribution is 2.31. The summed E-state index contributed by atoms with van der Waals surface area (Å²) in [4.78, 5) is 4.10. The highest BCUT2D eigenvalue weighted by molar-refractivity contribution is 6.30. The maximum atomic E-state index is 5.98. The van der Waals surface area contributed by atoms with Gasteiger partial charge in [-0.1, -0.05) is 48.0 Å². The topological polar surface area (TPSA) is 55.6 Å². The summed E-state index contributed by atoms with van der Waals surface area (Å²) in [5.74, 6) is 0.710. The molecular weight excluding hydrogens is 382 g/mol. The van der Waals surface area contributed by atoms with E-state index < -0.39 is 0 Å². The molecule has 5 nitrogen and oxygen atoms in total. The van der Waals surface area contributed by atoms with E-state index in [1.807, 2.05) is 65.4 Å². The van der Waals surface area contributed by atoms with Gasteiger partial charge in [0.05, 0.1) is 6.33 Å². The van der Waals surface area contributed by atoms with Crippen molar-refractivity contribution in [3.8, 4) is 16.9 Å². The molecule has 0 unspecified atom stereocenters. The van der Waals surface area contributed by atoms with Crippen LogP contribution in [0.1, 0.15) is 0 Å². The summed E-state index contributed by atoms with van der Waals surface area (Å²) < 4.78 is 1.96. The maximum Gasteiger partial charge on any atom is 0.161 e. The average molecular weight is 398 g/mol. The largest absolute Gasteiger partial charge is 0.338 e. The standard InChI is InChI=1S/C23H16ClN5/c24-17-7-9-18(10-8-17)26-23-21-4-2-1-3-20(21)22(27-28-23)16-5-11-19(12-6-16)29-14-13-25-15-29/h1-15H,(H,26,28). The molecule has 5 aromatic rings. The minimum Gasteiger partial charge on any atom is -0.338 e. The molecule has 5 rings (SSSR count). The van der Waals surface area contributed by atoms with Crippen LogP contribution in [0.3, 0.4) is 0 Å². The fourth-order valence-corrected chi connectivity index (χ4v) is 3.41. The number of nitrogens with one attached hydrogen (secondary N) is 1. The van der Waals surface area contributed by atoms with Gasteiger partial charge in [0.15, 0.2) is 5.82 Å². The van der Waals surface area contributed by atoms with Crippen LogP contribution in [0, 0.1) is 0 Å². The number of aromatic nitrogens is 4. The second kappa shape index (κ2) is 7.37. The Morgan fingerprint density at radius 2 is 1.55 bits per heavy atom. The minimum atomic E-state index is 0.695. The summed E-state index contributed by atoms with van der Waals surface area (Å²) in [7, 11) is 0. The van der Waals surface area contributed by atoms with E-state index in [1.165, 1.54) is 0 Å². The highest BCUT2D eigenvalue weighted by atomic mass is 35.5. The minimum absolute atomic E-state index is 0.695. The smallest absolute Gasteiger partial charge is 0.161 e. The lowest BCUT2D eigenvalue weighted by Crippen LogP contribution is -1.99. The van der Waals surface area contributed by atoms with Gasteiger partial charge in [-0.15, -0.1) is 10.2 Å². The van der Waals surface area contributed by atoms with Gasteiger partial charge >= 0.3 is 0 Å². The Kier molecular flexibility index (Phi) is 4.42. The summed E-state index contributed by atoms with van der Waals surface area (Å²) in [5.41, 5.74) is 3.81. The first-order valence-electron chi connectivity index (χ1n) is 9.15. The summed E-state index contributed by atoms with van der Waals surface area (Å²) in [6.07, 6.45) is 5.46. The quantitative estimate of drug-likeness (QED) is 0.411. The first-order valence-corrected chi connectivity index (χ1v) is 9.52. The van der Waals surface area contributed by atoms with Crippen LogP contribution in [0.25, 0.3) is 27.7 Å². The Bertz CT molecular complexity index is 1260. The molecule has 0 saturated carbocycles. The number of imidazole rings is 1. The van der Waals surface area contributed by atoms with Crippen molar-refractivity contribution >= 4 is 33.9 Å². The van der Waals surface area contributed by atoms with Crippen LogP contribution in [0.4, 0.5) is 11.5 Å². The highest BCUT2D eigenvalue weighted by Gasteiger charge is 2.11. The molecule has 0 fully saturated rings. The van der Waals surface area contributed by atoms with E-state index in [1.54, 1.807) is 12.5 Å². The van der Waals surface area contributed by atoms with Crippen molar-refractivity contribution < 1.29 is 0 Å². The molecule has 6 heteroatoms. The van der Waals surface area contributed by atoms with Crippen molar-refractivity contribution in [2.24, 2.45) is 0 Å². The molecule has 0 aliphatic rings. The third-order valence-corrected chi connectivity index (χ3v) is 4.99. The number of hydrogen-bond acceptors (Lipinski definition) is 4. The van der Waals surface area contributed by atoms with Crippen molar-refractivity contribution in [1.29, 1.82) is 0 Å². The molecule has 140 valence electrons. The molecule has 0 saturated heterocycles. The number of anilines is 2. The van der Waals surface area contributed by atoms with Crippen LogP contribution in [0.5, 0.6) is 0 Å². The Balaban J connectivity index is 1.54. The summed E-state index contributed by atoms with van der Waals surface area (Å²) in [6, 6.07) is 23.9. The number of hydrogen-bond donors (Lipinski definition) is 1. The van der Waals surface area contributed by atoms with Crippen molar-refractivity contribution in [3.63, 3.8) is 0 Å². The molecule has 2 heterocycles. The summed E-state index contributed by atoms with van der Waals surface area (Å²) >= 11 is 5.98. The van der Waals surface area contributed by atoms with Gasteiger partial charge in [-0.3, -0.25) is 0 Å². The van der Waals surface area contributed by atoms with Gasteiger partial charge in [0.25, 0.3) is 0 Å². The van der Waals surface area contributed by atoms with Crippen LogP contribution < -0.4 is 5.32 Å². The lowest BCUT2D eigenvalue weighted by molar-refractivity contribution is 1.05. The SMILES string of the molecule is Clc1ccc(Nc2nnc(-c3ccc(-n4ccnc4)cc3)c3ccccc23)cc1. The fourth-order valence-electron chi connectivity index (χ4n) is 3.28. The molecule has 0 atom stereocenters. The van der Waals surface area contributed by atoms with Crippen LogP contribution in [-0.2, 0) is 0 Å². The molecule has 0 aliphatic carbocycles. The van der Waals surface area contributed by atoms with E-state index in [-0.39, 0.29) is 0 Å². The van der Waals surface area contributed by atoms with Gasteiger partial charge < -0.3 is 9.88 Å². The summed E-state index contributed by atoms with van der Waals surface area (Å²) in [6.45, 7) is 0. The predicted octanol–water partition coefficient (Wildman–Crippen LogP) is 5.88. The van der Waals surface area contributed by atoms with E-state index in [0.717, 1.165) is 33.4 Å². The first-order chi connectivity index (χ1) is 14.3. The lowest BCUT2D eigenvalue weighted by Gasteiger charge is -2.12. The fraction of sp³-hybridized carbons (Fsp3) is 0. The number of rotatable bonds is 4. The molecule has 1 N–H and O–H groups in total. The third kappa shape index (κ3) is 3.44. The Morgan fingerprint density at radius 1 is 0.793 bits per heavy atom.